The molecule has 0 aliphatic heterocycles. The lowest BCUT2D eigenvalue weighted by Crippen LogP contribution is -1.81. The van der Waals surface area contributed by atoms with Crippen molar-refractivity contribution in [3.05, 3.63) is 37.1 Å². The van der Waals surface area contributed by atoms with Gasteiger partial charge >= 0.3 is 0 Å². The SMILES string of the molecule is C=CC=N/C=C(\C=C)CCCCCCC. The number of allylic oxidation sites excluding steroid dienone is 3. The minimum absolute atomic E-state index is 1.09. The summed E-state index contributed by atoms with van der Waals surface area (Å²) in [5, 5.41) is 0. The van der Waals surface area contributed by atoms with E-state index in [1.54, 1.807) is 12.3 Å². The molecule has 1 heteroatoms. The van der Waals surface area contributed by atoms with Crippen LogP contribution < -0.4 is 0 Å². The van der Waals surface area contributed by atoms with E-state index >= 15 is 0 Å². The highest BCUT2D eigenvalue weighted by molar-refractivity contribution is 5.70. The van der Waals surface area contributed by atoms with E-state index in [9.17, 15) is 0 Å². The van der Waals surface area contributed by atoms with Crippen molar-refractivity contribution in [2.45, 2.75) is 45.4 Å². The Labute approximate surface area is 94.3 Å². The molecule has 0 aromatic carbocycles. The van der Waals surface area contributed by atoms with Gasteiger partial charge in [0.25, 0.3) is 0 Å². The fraction of sp³-hybridized carbons (Fsp3) is 0.500. The van der Waals surface area contributed by atoms with Crippen LogP contribution in [0.25, 0.3) is 0 Å². The van der Waals surface area contributed by atoms with Crippen molar-refractivity contribution >= 4 is 6.21 Å². The van der Waals surface area contributed by atoms with Gasteiger partial charge in [0.15, 0.2) is 0 Å². The quantitative estimate of drug-likeness (QED) is 0.294. The molecule has 0 radical (unpaired) electrons. The molecule has 0 spiro atoms. The summed E-state index contributed by atoms with van der Waals surface area (Å²) in [7, 11) is 0. The lowest BCUT2D eigenvalue weighted by atomic mass is 10.1. The lowest BCUT2D eigenvalue weighted by molar-refractivity contribution is 0.633. The summed E-state index contributed by atoms with van der Waals surface area (Å²) in [6.07, 6.45) is 14.8. The topological polar surface area (TPSA) is 12.4 Å². The average Bonchev–Trinajstić information content (AvgIpc) is 2.26. The van der Waals surface area contributed by atoms with Crippen LogP contribution >= 0.6 is 0 Å². The van der Waals surface area contributed by atoms with Gasteiger partial charge in [-0.2, -0.15) is 0 Å². The maximum atomic E-state index is 4.10. The van der Waals surface area contributed by atoms with E-state index in [-0.39, 0.29) is 0 Å². The van der Waals surface area contributed by atoms with Crippen molar-refractivity contribution in [2.24, 2.45) is 4.99 Å². The Balaban J connectivity index is 3.70. The van der Waals surface area contributed by atoms with Crippen LogP contribution in [0.4, 0.5) is 0 Å². The molecule has 0 amide bonds. The molecule has 0 fully saturated rings. The molecule has 0 aliphatic carbocycles. The highest BCUT2D eigenvalue weighted by atomic mass is 14.7. The van der Waals surface area contributed by atoms with Gasteiger partial charge in [-0.25, -0.2) is 0 Å². The monoisotopic (exact) mass is 205 g/mol. The second-order valence-corrected chi connectivity index (χ2v) is 3.61. The summed E-state index contributed by atoms with van der Waals surface area (Å²) in [4.78, 5) is 4.10. The van der Waals surface area contributed by atoms with Crippen molar-refractivity contribution in [2.75, 3.05) is 0 Å². The molecule has 0 atom stereocenters. The molecular formula is C14H23N. The van der Waals surface area contributed by atoms with Gasteiger partial charge in [0.2, 0.25) is 0 Å². The van der Waals surface area contributed by atoms with E-state index in [1.165, 1.54) is 37.7 Å². The number of aliphatic imine (C=N–C) groups is 1. The van der Waals surface area contributed by atoms with Gasteiger partial charge in [-0.05, 0) is 18.4 Å². The van der Waals surface area contributed by atoms with Crippen molar-refractivity contribution in [3.8, 4) is 0 Å². The smallest absolute Gasteiger partial charge is 0.0299 e. The predicted molar refractivity (Wildman–Crippen MR) is 70.3 cm³/mol. The zero-order valence-electron chi connectivity index (χ0n) is 9.91. The van der Waals surface area contributed by atoms with Gasteiger partial charge in [-0.15, -0.1) is 0 Å². The molecule has 0 aromatic heterocycles. The first-order valence-electron chi connectivity index (χ1n) is 5.80. The van der Waals surface area contributed by atoms with Crippen molar-refractivity contribution < 1.29 is 0 Å². The van der Waals surface area contributed by atoms with E-state index in [0.717, 1.165) is 6.42 Å². The molecule has 0 saturated heterocycles. The molecule has 15 heavy (non-hydrogen) atoms. The molecular weight excluding hydrogens is 182 g/mol. The summed E-state index contributed by atoms with van der Waals surface area (Å²) in [5.41, 5.74) is 1.21. The highest BCUT2D eigenvalue weighted by Crippen LogP contribution is 2.11. The number of unbranched alkanes of at least 4 members (excludes halogenated alkanes) is 4. The summed E-state index contributed by atoms with van der Waals surface area (Å²) < 4.78 is 0. The number of rotatable bonds is 9. The number of hydrogen-bond acceptors (Lipinski definition) is 1. The van der Waals surface area contributed by atoms with Gasteiger partial charge in [-0.1, -0.05) is 57.9 Å². The predicted octanol–water partition coefficient (Wildman–Crippen LogP) is 4.67. The molecule has 0 bridgehead atoms. The van der Waals surface area contributed by atoms with Gasteiger partial charge in [0, 0.05) is 12.4 Å². The second kappa shape index (κ2) is 11.0. The molecule has 0 aliphatic rings. The van der Waals surface area contributed by atoms with Gasteiger partial charge < -0.3 is 0 Å². The fourth-order valence-electron chi connectivity index (χ4n) is 1.35. The number of nitrogens with zero attached hydrogens (tertiary/aromatic N) is 1. The first-order valence-corrected chi connectivity index (χ1v) is 5.80. The minimum Gasteiger partial charge on any atom is -0.264 e. The third kappa shape index (κ3) is 9.20. The summed E-state index contributed by atoms with van der Waals surface area (Å²) in [5.74, 6) is 0. The van der Waals surface area contributed by atoms with Crippen LogP contribution in [0.5, 0.6) is 0 Å². The Bertz CT molecular complexity index is 223. The van der Waals surface area contributed by atoms with Crippen molar-refractivity contribution in [1.29, 1.82) is 0 Å². The molecule has 0 aromatic rings. The summed E-state index contributed by atoms with van der Waals surface area (Å²) in [6.45, 7) is 9.60. The van der Waals surface area contributed by atoms with Crippen LogP contribution in [-0.4, -0.2) is 6.21 Å². The maximum absolute atomic E-state index is 4.10. The van der Waals surface area contributed by atoms with Crippen LogP contribution in [0.15, 0.2) is 42.1 Å². The van der Waals surface area contributed by atoms with Crippen molar-refractivity contribution in [1.82, 2.24) is 0 Å². The van der Waals surface area contributed by atoms with Crippen molar-refractivity contribution in [3.63, 3.8) is 0 Å². The van der Waals surface area contributed by atoms with Gasteiger partial charge in [0.05, 0.1) is 0 Å². The molecule has 0 N–H and O–H groups in total. The third-order valence-electron chi connectivity index (χ3n) is 2.26. The Kier molecular flexibility index (Phi) is 10.2. The minimum atomic E-state index is 1.09. The highest BCUT2D eigenvalue weighted by Gasteiger charge is 1.92. The third-order valence-corrected chi connectivity index (χ3v) is 2.26. The van der Waals surface area contributed by atoms with Gasteiger partial charge in [-0.3, -0.25) is 4.99 Å². The van der Waals surface area contributed by atoms with E-state index in [0.29, 0.717) is 0 Å². The molecule has 0 unspecified atom stereocenters. The fourth-order valence-corrected chi connectivity index (χ4v) is 1.35. The van der Waals surface area contributed by atoms with Crippen LogP contribution in [-0.2, 0) is 0 Å². The Morgan fingerprint density at radius 1 is 1.13 bits per heavy atom. The van der Waals surface area contributed by atoms with Crippen LogP contribution in [0.3, 0.4) is 0 Å². The summed E-state index contributed by atoms with van der Waals surface area (Å²) >= 11 is 0. The largest absolute Gasteiger partial charge is 0.264 e. The molecule has 1 nitrogen and oxygen atoms in total. The Hall–Kier alpha value is -1.11. The summed E-state index contributed by atoms with van der Waals surface area (Å²) in [6, 6.07) is 0. The van der Waals surface area contributed by atoms with E-state index in [1.807, 2.05) is 12.3 Å². The first-order chi connectivity index (χ1) is 7.35. The average molecular weight is 205 g/mol. The zero-order chi connectivity index (χ0) is 11.4. The van der Waals surface area contributed by atoms with E-state index in [2.05, 4.69) is 25.1 Å². The number of hydrogen-bond donors (Lipinski definition) is 0. The molecule has 0 saturated carbocycles. The first kappa shape index (κ1) is 13.9. The normalized spacial score (nSPS) is 11.9. The standard InChI is InChI=1S/C14H23N/c1-4-7-8-9-10-11-14(6-3)13-15-12-5-2/h5-6,12-13H,2-4,7-11H2,1H3/b14-13+,15-12?. The second-order valence-electron chi connectivity index (χ2n) is 3.61. The maximum Gasteiger partial charge on any atom is 0.0299 e. The molecule has 0 rings (SSSR count). The van der Waals surface area contributed by atoms with E-state index in [4.69, 9.17) is 0 Å². The van der Waals surface area contributed by atoms with Crippen LogP contribution in [0.2, 0.25) is 0 Å². The van der Waals surface area contributed by atoms with E-state index < -0.39 is 0 Å². The zero-order valence-corrected chi connectivity index (χ0v) is 9.91. The Morgan fingerprint density at radius 3 is 2.47 bits per heavy atom. The Morgan fingerprint density at radius 2 is 1.87 bits per heavy atom. The van der Waals surface area contributed by atoms with Crippen LogP contribution in [0.1, 0.15) is 45.4 Å². The molecule has 0 heterocycles. The van der Waals surface area contributed by atoms with Gasteiger partial charge in [0.1, 0.15) is 0 Å². The van der Waals surface area contributed by atoms with Crippen LogP contribution in [0, 0.1) is 0 Å². The molecule has 84 valence electrons. The lowest BCUT2D eigenvalue weighted by Gasteiger charge is -2.00.